The third-order valence-corrected chi connectivity index (χ3v) is 6.16. The third kappa shape index (κ3) is 3.89. The first-order valence-electron chi connectivity index (χ1n) is 7.59. The predicted molar refractivity (Wildman–Crippen MR) is 81.7 cm³/mol. The maximum absolute atomic E-state index is 13.4. The lowest BCUT2D eigenvalue weighted by Gasteiger charge is -2.35. The lowest BCUT2D eigenvalue weighted by molar-refractivity contribution is 0.292. The maximum atomic E-state index is 13.4. The largest absolute Gasteiger partial charge is 0.316 e. The topological polar surface area (TPSA) is 29.1 Å². The van der Waals surface area contributed by atoms with Crippen molar-refractivity contribution in [1.82, 2.24) is 5.32 Å². The molecule has 2 nitrogen and oxygen atoms in total. The quantitative estimate of drug-likeness (QED) is 0.899. The number of hydrogen-bond donors (Lipinski definition) is 1. The smallest absolute Gasteiger partial charge is 0.160 e. The molecule has 0 bridgehead atoms. The summed E-state index contributed by atoms with van der Waals surface area (Å²) in [6.45, 7) is 2.16. The number of hydrogen-bond acceptors (Lipinski definition) is 2. The molecule has 1 aromatic carbocycles. The molecule has 0 radical (unpaired) electrons. The fourth-order valence-electron chi connectivity index (χ4n) is 3.23. The van der Waals surface area contributed by atoms with Gasteiger partial charge in [-0.25, -0.2) is 8.78 Å². The Morgan fingerprint density at radius 2 is 2.05 bits per heavy atom. The second-order valence-corrected chi connectivity index (χ2v) is 7.45. The van der Waals surface area contributed by atoms with E-state index in [2.05, 4.69) is 12.2 Å². The highest BCUT2D eigenvalue weighted by atomic mass is 32.2. The standard InChI is InChI=1S/C16H23F2NOS/c1-3-4-11-5-8-15(19-2)16(9-11)21(20)12-6-7-13(17)14(18)10-12/h6-7,10-11,15-16,19H,3-5,8-9H2,1-2H3. The van der Waals surface area contributed by atoms with Crippen LogP contribution in [-0.2, 0) is 10.8 Å². The Bertz CT molecular complexity index is 509. The zero-order valence-electron chi connectivity index (χ0n) is 12.6. The van der Waals surface area contributed by atoms with Crippen LogP contribution in [0.15, 0.2) is 23.1 Å². The number of rotatable bonds is 5. The van der Waals surface area contributed by atoms with Gasteiger partial charge in [-0.1, -0.05) is 19.8 Å². The average molecular weight is 315 g/mol. The molecule has 1 aliphatic rings. The van der Waals surface area contributed by atoms with Gasteiger partial charge in [-0.2, -0.15) is 0 Å². The van der Waals surface area contributed by atoms with Gasteiger partial charge in [0.1, 0.15) is 0 Å². The second kappa shape index (κ2) is 7.45. The van der Waals surface area contributed by atoms with Crippen molar-refractivity contribution in [3.8, 4) is 0 Å². The van der Waals surface area contributed by atoms with Crippen LogP contribution in [0, 0.1) is 17.6 Å². The molecule has 2 rings (SSSR count). The number of halogens is 2. The molecular weight excluding hydrogens is 292 g/mol. The van der Waals surface area contributed by atoms with Gasteiger partial charge in [-0.05, 0) is 50.4 Å². The fourth-order valence-corrected chi connectivity index (χ4v) is 5.01. The van der Waals surface area contributed by atoms with Crippen molar-refractivity contribution in [2.24, 2.45) is 5.92 Å². The summed E-state index contributed by atoms with van der Waals surface area (Å²) >= 11 is 0. The molecule has 0 heterocycles. The minimum Gasteiger partial charge on any atom is -0.316 e. The second-order valence-electron chi connectivity index (χ2n) is 5.77. The Balaban J connectivity index is 2.18. The van der Waals surface area contributed by atoms with E-state index in [1.807, 2.05) is 7.05 Å². The van der Waals surface area contributed by atoms with Crippen LogP contribution >= 0.6 is 0 Å². The van der Waals surface area contributed by atoms with E-state index in [9.17, 15) is 13.0 Å². The molecule has 5 heteroatoms. The molecule has 1 aromatic rings. The zero-order valence-corrected chi connectivity index (χ0v) is 13.4. The Hall–Kier alpha value is -0.810. The van der Waals surface area contributed by atoms with Crippen LogP contribution in [0.3, 0.4) is 0 Å². The Morgan fingerprint density at radius 3 is 2.67 bits per heavy atom. The minimum absolute atomic E-state index is 0.0369. The molecule has 0 spiro atoms. The Labute approximate surface area is 127 Å². The van der Waals surface area contributed by atoms with E-state index in [4.69, 9.17) is 0 Å². The molecule has 1 aliphatic carbocycles. The van der Waals surface area contributed by atoms with Crippen molar-refractivity contribution in [3.05, 3.63) is 29.8 Å². The lowest BCUT2D eigenvalue weighted by Crippen LogP contribution is -2.44. The molecule has 118 valence electrons. The predicted octanol–water partition coefficient (Wildman–Crippen LogP) is 3.63. The maximum Gasteiger partial charge on any atom is 0.160 e. The first-order chi connectivity index (χ1) is 10.1. The zero-order chi connectivity index (χ0) is 15.4. The van der Waals surface area contributed by atoms with Gasteiger partial charge in [0.15, 0.2) is 11.6 Å². The molecule has 0 amide bonds. The summed E-state index contributed by atoms with van der Waals surface area (Å²) in [5.41, 5.74) is 0. The molecule has 0 aliphatic heterocycles. The normalized spacial score (nSPS) is 27.5. The molecule has 4 atom stereocenters. The molecular formula is C16H23F2NOS. The Kier molecular flexibility index (Phi) is 5.88. The molecule has 1 fully saturated rings. The molecule has 1 N–H and O–H groups in total. The van der Waals surface area contributed by atoms with E-state index in [-0.39, 0.29) is 11.3 Å². The van der Waals surface area contributed by atoms with E-state index in [0.717, 1.165) is 44.2 Å². The highest BCUT2D eigenvalue weighted by Crippen LogP contribution is 2.33. The van der Waals surface area contributed by atoms with Crippen molar-refractivity contribution in [2.75, 3.05) is 7.05 Å². The van der Waals surface area contributed by atoms with Crippen molar-refractivity contribution in [1.29, 1.82) is 0 Å². The average Bonchev–Trinajstić information content (AvgIpc) is 2.49. The van der Waals surface area contributed by atoms with Gasteiger partial charge in [0.25, 0.3) is 0 Å². The number of benzene rings is 1. The number of nitrogens with one attached hydrogen (secondary N) is 1. The lowest BCUT2D eigenvalue weighted by atomic mass is 9.83. The van der Waals surface area contributed by atoms with Crippen LogP contribution in [0.5, 0.6) is 0 Å². The van der Waals surface area contributed by atoms with E-state index in [1.165, 1.54) is 6.07 Å². The molecule has 0 aromatic heterocycles. The minimum atomic E-state index is -1.31. The van der Waals surface area contributed by atoms with Gasteiger partial charge in [0.2, 0.25) is 0 Å². The highest BCUT2D eigenvalue weighted by molar-refractivity contribution is 7.85. The summed E-state index contributed by atoms with van der Waals surface area (Å²) in [4.78, 5) is 0.385. The fraction of sp³-hybridized carbons (Fsp3) is 0.625. The summed E-state index contributed by atoms with van der Waals surface area (Å²) < 4.78 is 39.1. The van der Waals surface area contributed by atoms with Gasteiger partial charge in [-0.3, -0.25) is 4.21 Å². The summed E-state index contributed by atoms with van der Waals surface area (Å²) in [5, 5.41) is 3.20. The van der Waals surface area contributed by atoms with Crippen molar-refractivity contribution >= 4 is 10.8 Å². The van der Waals surface area contributed by atoms with Crippen molar-refractivity contribution < 1.29 is 13.0 Å². The monoisotopic (exact) mass is 315 g/mol. The van der Waals surface area contributed by atoms with Crippen LogP contribution in [-0.4, -0.2) is 22.5 Å². The van der Waals surface area contributed by atoms with Gasteiger partial charge in [0.05, 0.1) is 16.0 Å². The molecule has 1 saturated carbocycles. The van der Waals surface area contributed by atoms with Gasteiger partial charge >= 0.3 is 0 Å². The van der Waals surface area contributed by atoms with E-state index in [1.54, 1.807) is 0 Å². The van der Waals surface area contributed by atoms with Gasteiger partial charge in [0, 0.05) is 10.9 Å². The van der Waals surface area contributed by atoms with E-state index in [0.29, 0.717) is 10.8 Å². The SMILES string of the molecule is CCCC1CCC(NC)C(S(=O)c2ccc(F)c(F)c2)C1. The van der Waals surface area contributed by atoms with Crippen LogP contribution in [0.4, 0.5) is 8.78 Å². The van der Waals surface area contributed by atoms with Crippen LogP contribution in [0.2, 0.25) is 0 Å². The summed E-state index contributed by atoms with van der Waals surface area (Å²) in [6.07, 6.45) is 5.28. The van der Waals surface area contributed by atoms with Crippen molar-refractivity contribution in [3.63, 3.8) is 0 Å². The summed E-state index contributed by atoms with van der Waals surface area (Å²) in [7, 11) is 0.563. The molecule has 21 heavy (non-hydrogen) atoms. The van der Waals surface area contributed by atoms with Crippen molar-refractivity contribution in [2.45, 2.75) is 55.2 Å². The third-order valence-electron chi connectivity index (χ3n) is 4.37. The Morgan fingerprint density at radius 1 is 1.29 bits per heavy atom. The van der Waals surface area contributed by atoms with Crippen LogP contribution in [0.1, 0.15) is 39.0 Å². The molecule has 0 saturated heterocycles. The summed E-state index contributed by atoms with van der Waals surface area (Å²) in [6, 6.07) is 3.74. The van der Waals surface area contributed by atoms with E-state index >= 15 is 0 Å². The van der Waals surface area contributed by atoms with Gasteiger partial charge < -0.3 is 5.32 Å². The summed E-state index contributed by atoms with van der Waals surface area (Å²) in [5.74, 6) is -1.24. The van der Waals surface area contributed by atoms with Gasteiger partial charge in [-0.15, -0.1) is 0 Å². The van der Waals surface area contributed by atoms with Crippen LogP contribution in [0.25, 0.3) is 0 Å². The van der Waals surface area contributed by atoms with E-state index < -0.39 is 22.4 Å². The first kappa shape index (κ1) is 16.6. The highest BCUT2D eigenvalue weighted by Gasteiger charge is 2.34. The van der Waals surface area contributed by atoms with Crippen LogP contribution < -0.4 is 5.32 Å². The first-order valence-corrected chi connectivity index (χ1v) is 8.81. The molecule has 4 unspecified atom stereocenters.